The number of ether oxygens (including phenoxy) is 1. The Morgan fingerprint density at radius 1 is 1.22 bits per heavy atom. The number of rotatable bonds is 8. The van der Waals surface area contributed by atoms with Gasteiger partial charge in [0.2, 0.25) is 5.91 Å². The quantitative estimate of drug-likeness (QED) is 0.517. The van der Waals surface area contributed by atoms with Gasteiger partial charge in [0, 0.05) is 26.4 Å². The average Bonchev–Trinajstić information content (AvgIpc) is 2.32. The van der Waals surface area contributed by atoms with Crippen LogP contribution in [0.15, 0.2) is 0 Å². The second kappa shape index (κ2) is 8.49. The monoisotopic (exact) mass is 259 g/mol. The van der Waals surface area contributed by atoms with Crippen molar-refractivity contribution in [2.24, 2.45) is 5.92 Å². The van der Waals surface area contributed by atoms with Crippen LogP contribution in [-0.4, -0.2) is 48.6 Å². The molecule has 0 fully saturated rings. The molecule has 0 spiro atoms. The zero-order valence-electron chi connectivity index (χ0n) is 11.1. The lowest BCUT2D eigenvalue weighted by molar-refractivity contribution is -0.146. The van der Waals surface area contributed by atoms with Crippen LogP contribution in [0.3, 0.4) is 0 Å². The number of methoxy groups -OCH3 is 1. The van der Waals surface area contributed by atoms with Crippen molar-refractivity contribution in [3.8, 4) is 0 Å². The van der Waals surface area contributed by atoms with Crippen molar-refractivity contribution in [2.45, 2.75) is 32.6 Å². The fourth-order valence-electron chi connectivity index (χ4n) is 1.53. The first kappa shape index (κ1) is 16.4. The molecule has 1 amide bonds. The smallest absolute Gasteiger partial charge is 0.310 e. The van der Waals surface area contributed by atoms with E-state index in [9.17, 15) is 14.4 Å². The molecule has 0 heterocycles. The third kappa shape index (κ3) is 6.88. The summed E-state index contributed by atoms with van der Waals surface area (Å²) in [6, 6.07) is 0. The molecule has 0 saturated carbocycles. The normalized spacial score (nSPS) is 11.7. The van der Waals surface area contributed by atoms with E-state index in [1.807, 2.05) is 0 Å². The maximum atomic E-state index is 11.7. The fraction of sp³-hybridized carbons (Fsp3) is 0.750. The molecule has 0 aromatic rings. The summed E-state index contributed by atoms with van der Waals surface area (Å²) in [5.74, 6) is -1.64. The molecule has 1 atom stereocenters. The highest BCUT2D eigenvalue weighted by molar-refractivity contribution is 5.77. The van der Waals surface area contributed by atoms with E-state index in [0.717, 1.165) is 0 Å². The van der Waals surface area contributed by atoms with Crippen molar-refractivity contribution >= 4 is 17.8 Å². The first-order valence-electron chi connectivity index (χ1n) is 5.92. The van der Waals surface area contributed by atoms with E-state index in [0.29, 0.717) is 25.8 Å². The van der Waals surface area contributed by atoms with Crippen LogP contribution < -0.4 is 0 Å². The molecular formula is C12H21NO5. The summed E-state index contributed by atoms with van der Waals surface area (Å²) in [5.41, 5.74) is 0. The van der Waals surface area contributed by atoms with E-state index in [-0.39, 0.29) is 24.2 Å². The maximum Gasteiger partial charge on any atom is 0.310 e. The van der Waals surface area contributed by atoms with E-state index in [2.05, 4.69) is 4.74 Å². The number of hydrogen-bond acceptors (Lipinski definition) is 4. The van der Waals surface area contributed by atoms with Crippen LogP contribution in [-0.2, 0) is 19.1 Å². The molecule has 0 saturated heterocycles. The third-order valence-corrected chi connectivity index (χ3v) is 2.61. The molecule has 6 nitrogen and oxygen atoms in total. The molecule has 0 aliphatic rings. The van der Waals surface area contributed by atoms with Gasteiger partial charge in [-0.2, -0.15) is 0 Å². The Bertz CT molecular complexity index is 303. The molecule has 104 valence electrons. The van der Waals surface area contributed by atoms with Crippen LogP contribution in [0.2, 0.25) is 0 Å². The molecule has 0 aromatic carbocycles. The topological polar surface area (TPSA) is 83.9 Å². The molecule has 0 bridgehead atoms. The summed E-state index contributed by atoms with van der Waals surface area (Å²) in [5, 5.41) is 8.45. The second-order valence-electron chi connectivity index (χ2n) is 4.30. The summed E-state index contributed by atoms with van der Waals surface area (Å²) in [7, 11) is 2.94. The van der Waals surface area contributed by atoms with Gasteiger partial charge in [0.1, 0.15) is 0 Å². The Morgan fingerprint density at radius 3 is 2.28 bits per heavy atom. The number of carbonyl (C=O) groups is 3. The van der Waals surface area contributed by atoms with Crippen molar-refractivity contribution in [2.75, 3.05) is 20.7 Å². The van der Waals surface area contributed by atoms with Gasteiger partial charge < -0.3 is 14.7 Å². The minimum Gasteiger partial charge on any atom is -0.481 e. The Kier molecular flexibility index (Phi) is 7.74. The SMILES string of the molecule is COC(=O)C(C)CN(C)C(=O)CCCCC(=O)O. The minimum absolute atomic E-state index is 0.0789. The zero-order valence-corrected chi connectivity index (χ0v) is 11.1. The molecule has 1 N–H and O–H groups in total. The molecule has 0 aliphatic carbocycles. The summed E-state index contributed by atoms with van der Waals surface area (Å²) < 4.78 is 4.58. The molecule has 18 heavy (non-hydrogen) atoms. The summed E-state index contributed by atoms with van der Waals surface area (Å²) in [6.07, 6.45) is 1.41. The van der Waals surface area contributed by atoms with E-state index < -0.39 is 5.97 Å². The van der Waals surface area contributed by atoms with Crippen LogP contribution in [0.25, 0.3) is 0 Å². The number of carboxylic acids is 1. The number of esters is 1. The minimum atomic E-state index is -0.852. The van der Waals surface area contributed by atoms with Gasteiger partial charge in [0.25, 0.3) is 0 Å². The number of carboxylic acid groups (broad SMARTS) is 1. The van der Waals surface area contributed by atoms with Gasteiger partial charge in [-0.3, -0.25) is 14.4 Å². The van der Waals surface area contributed by atoms with Gasteiger partial charge in [0.15, 0.2) is 0 Å². The summed E-state index contributed by atoms with van der Waals surface area (Å²) >= 11 is 0. The number of aliphatic carboxylic acids is 1. The van der Waals surface area contributed by atoms with Gasteiger partial charge in [-0.1, -0.05) is 6.92 Å². The number of unbranched alkanes of at least 4 members (excludes halogenated alkanes) is 1. The number of nitrogens with zero attached hydrogens (tertiary/aromatic N) is 1. The van der Waals surface area contributed by atoms with Crippen LogP contribution >= 0.6 is 0 Å². The largest absolute Gasteiger partial charge is 0.481 e. The Balaban J connectivity index is 3.89. The Morgan fingerprint density at radius 2 is 1.78 bits per heavy atom. The zero-order chi connectivity index (χ0) is 14.1. The first-order valence-corrected chi connectivity index (χ1v) is 5.92. The average molecular weight is 259 g/mol. The number of carbonyl (C=O) groups excluding carboxylic acids is 2. The summed E-state index contributed by atoms with van der Waals surface area (Å²) in [4.78, 5) is 34.6. The molecule has 0 radical (unpaired) electrons. The van der Waals surface area contributed by atoms with Crippen LogP contribution in [0.4, 0.5) is 0 Å². The molecule has 1 unspecified atom stereocenters. The van der Waals surface area contributed by atoms with Crippen molar-refractivity contribution < 1.29 is 24.2 Å². The van der Waals surface area contributed by atoms with Crippen LogP contribution in [0.5, 0.6) is 0 Å². The van der Waals surface area contributed by atoms with Crippen LogP contribution in [0.1, 0.15) is 32.6 Å². The van der Waals surface area contributed by atoms with Crippen molar-refractivity contribution in [3.05, 3.63) is 0 Å². The lowest BCUT2D eigenvalue weighted by Crippen LogP contribution is -2.34. The molecule has 6 heteroatoms. The van der Waals surface area contributed by atoms with E-state index in [1.54, 1.807) is 14.0 Å². The number of amides is 1. The van der Waals surface area contributed by atoms with Gasteiger partial charge in [-0.15, -0.1) is 0 Å². The summed E-state index contributed by atoms with van der Waals surface area (Å²) in [6.45, 7) is 2.00. The van der Waals surface area contributed by atoms with E-state index in [1.165, 1.54) is 12.0 Å². The predicted molar refractivity (Wildman–Crippen MR) is 64.9 cm³/mol. The molecule has 0 aliphatic heterocycles. The molecule has 0 rings (SSSR count). The van der Waals surface area contributed by atoms with Crippen molar-refractivity contribution in [1.82, 2.24) is 4.90 Å². The highest BCUT2D eigenvalue weighted by Crippen LogP contribution is 2.06. The second-order valence-corrected chi connectivity index (χ2v) is 4.30. The lowest BCUT2D eigenvalue weighted by atomic mass is 10.1. The third-order valence-electron chi connectivity index (χ3n) is 2.61. The predicted octanol–water partition coefficient (Wildman–Crippen LogP) is 0.899. The van der Waals surface area contributed by atoms with Gasteiger partial charge >= 0.3 is 11.9 Å². The van der Waals surface area contributed by atoms with Gasteiger partial charge in [0.05, 0.1) is 13.0 Å². The van der Waals surface area contributed by atoms with Crippen LogP contribution in [0, 0.1) is 5.92 Å². The van der Waals surface area contributed by atoms with Crippen molar-refractivity contribution in [1.29, 1.82) is 0 Å². The van der Waals surface area contributed by atoms with E-state index in [4.69, 9.17) is 5.11 Å². The highest BCUT2D eigenvalue weighted by atomic mass is 16.5. The van der Waals surface area contributed by atoms with Gasteiger partial charge in [-0.25, -0.2) is 0 Å². The highest BCUT2D eigenvalue weighted by Gasteiger charge is 2.18. The van der Waals surface area contributed by atoms with E-state index >= 15 is 0 Å². The standard InChI is InChI=1S/C12H21NO5/c1-9(12(17)18-3)8-13(2)10(14)6-4-5-7-11(15)16/h9H,4-8H2,1-3H3,(H,15,16). The molecule has 0 aromatic heterocycles. The first-order chi connectivity index (χ1) is 8.38. The fourth-order valence-corrected chi connectivity index (χ4v) is 1.53. The lowest BCUT2D eigenvalue weighted by Gasteiger charge is -2.20. The number of hydrogen-bond donors (Lipinski definition) is 1. The molecular weight excluding hydrogens is 238 g/mol. The maximum absolute atomic E-state index is 11.7. The Hall–Kier alpha value is -1.59. The van der Waals surface area contributed by atoms with Crippen molar-refractivity contribution in [3.63, 3.8) is 0 Å². The Labute approximate surface area is 107 Å². The van der Waals surface area contributed by atoms with Gasteiger partial charge in [-0.05, 0) is 12.8 Å².